The number of aliphatic imine (C=N–C) groups is 1. The molecule has 5 rings (SSSR count). The van der Waals surface area contributed by atoms with Gasteiger partial charge < -0.3 is 20.8 Å². The van der Waals surface area contributed by atoms with Crippen LogP contribution in [0.5, 0.6) is 0 Å². The van der Waals surface area contributed by atoms with Crippen molar-refractivity contribution in [2.45, 2.75) is 20.0 Å². The third-order valence-electron chi connectivity index (χ3n) is 5.19. The van der Waals surface area contributed by atoms with Gasteiger partial charge in [0.25, 0.3) is 5.91 Å². The molecule has 31 heavy (non-hydrogen) atoms. The molecule has 5 heterocycles. The molecule has 0 saturated carbocycles. The predicted molar refractivity (Wildman–Crippen MR) is 113 cm³/mol. The molecule has 0 aromatic carbocycles. The van der Waals surface area contributed by atoms with Gasteiger partial charge in [-0.05, 0) is 13.0 Å². The van der Waals surface area contributed by atoms with Crippen LogP contribution in [0.4, 0.5) is 5.82 Å². The van der Waals surface area contributed by atoms with Gasteiger partial charge in [-0.15, -0.1) is 11.3 Å². The minimum atomic E-state index is -0.540. The number of hydrogen-bond donors (Lipinski definition) is 3. The van der Waals surface area contributed by atoms with Gasteiger partial charge in [0.15, 0.2) is 6.17 Å². The number of fused-ring (bicyclic) bond motifs is 1. The summed E-state index contributed by atoms with van der Waals surface area (Å²) in [7, 11) is 0. The summed E-state index contributed by atoms with van der Waals surface area (Å²) in [5, 5.41) is 9.71. The maximum absolute atomic E-state index is 12.1. The number of amidine groups is 1. The molecular formula is C19H21N8O2RuS. The van der Waals surface area contributed by atoms with E-state index in [1.165, 1.54) is 11.3 Å². The van der Waals surface area contributed by atoms with Crippen LogP contribution in [0.1, 0.15) is 27.3 Å². The first-order valence-corrected chi connectivity index (χ1v) is 10.3. The first-order valence-electron chi connectivity index (χ1n) is 9.53. The van der Waals surface area contributed by atoms with Crippen molar-refractivity contribution in [3.05, 3.63) is 51.7 Å². The van der Waals surface area contributed by atoms with E-state index in [1.54, 1.807) is 6.20 Å². The number of thiazole rings is 1. The summed E-state index contributed by atoms with van der Waals surface area (Å²) in [5.74, 6) is 1.05. The number of nitrogens with zero attached hydrogens (tertiary/aromatic N) is 5. The minimum absolute atomic E-state index is 0. The maximum atomic E-state index is 12.1. The SMILES string of the molecule is Cc1nc(C(N)=O)c(C2=CC(N3CCOC[C-]3C)=NC3C2=CNN3c2ccn[nH]2)s1.[Ru+]. The summed E-state index contributed by atoms with van der Waals surface area (Å²) >= 11 is 1.45. The van der Waals surface area contributed by atoms with E-state index in [1.807, 2.05) is 37.2 Å². The number of carbonyl (C=O) groups is 1. The quantitative estimate of drug-likeness (QED) is 0.405. The van der Waals surface area contributed by atoms with Crippen molar-refractivity contribution < 1.29 is 29.0 Å². The Kier molecular flexibility index (Phi) is 5.96. The van der Waals surface area contributed by atoms with Crippen molar-refractivity contribution in [3.8, 4) is 0 Å². The molecule has 10 nitrogen and oxygen atoms in total. The molecule has 3 aliphatic heterocycles. The number of dihydropyridines is 1. The number of hydrogen-bond acceptors (Lipinski definition) is 9. The second-order valence-corrected chi connectivity index (χ2v) is 8.38. The number of morpholine rings is 1. The van der Waals surface area contributed by atoms with E-state index in [2.05, 4.69) is 25.5 Å². The van der Waals surface area contributed by atoms with Crippen LogP contribution < -0.4 is 16.2 Å². The van der Waals surface area contributed by atoms with Crippen LogP contribution in [0.25, 0.3) is 5.57 Å². The number of nitrogens with one attached hydrogen (secondary N) is 2. The molecule has 1 unspecified atom stereocenters. The van der Waals surface area contributed by atoms with Crippen molar-refractivity contribution in [1.29, 1.82) is 0 Å². The number of H-pyrrole nitrogens is 1. The number of aromatic nitrogens is 3. The molecule has 1 fully saturated rings. The summed E-state index contributed by atoms with van der Waals surface area (Å²) in [6.45, 7) is 5.80. The Bertz CT molecular complexity index is 1080. The van der Waals surface area contributed by atoms with Crippen LogP contribution in [0.3, 0.4) is 0 Å². The largest absolute Gasteiger partial charge is 1.00 e. The van der Waals surface area contributed by atoms with Crippen molar-refractivity contribution in [3.63, 3.8) is 0 Å². The number of carbonyl (C=O) groups excluding carboxylic acids is 1. The molecule has 1 amide bonds. The Morgan fingerprint density at radius 3 is 3.00 bits per heavy atom. The monoisotopic (exact) mass is 527 g/mol. The molecule has 4 N–H and O–H groups in total. The normalized spacial score (nSPS) is 21.0. The third kappa shape index (κ3) is 3.79. The number of aromatic amines is 1. The molecule has 0 spiro atoms. The average Bonchev–Trinajstić information content (AvgIpc) is 3.46. The minimum Gasteiger partial charge on any atom is -0.501 e. The van der Waals surface area contributed by atoms with E-state index in [0.29, 0.717) is 19.8 Å². The van der Waals surface area contributed by atoms with Crippen molar-refractivity contribution in [2.75, 3.05) is 24.8 Å². The number of ether oxygens (including phenoxy) is 1. The summed E-state index contributed by atoms with van der Waals surface area (Å²) in [6.07, 6.45) is 5.26. The Balaban J connectivity index is 0.00000231. The first kappa shape index (κ1) is 21.7. The smallest absolute Gasteiger partial charge is 0.501 e. The Morgan fingerprint density at radius 1 is 1.45 bits per heavy atom. The Labute approximate surface area is 196 Å². The zero-order valence-corrected chi connectivity index (χ0v) is 19.5. The zero-order chi connectivity index (χ0) is 20.8. The fraction of sp³-hybridized carbons (Fsp3) is 0.316. The second kappa shape index (κ2) is 8.53. The van der Waals surface area contributed by atoms with E-state index in [-0.39, 0.29) is 31.3 Å². The molecule has 1 radical (unpaired) electrons. The van der Waals surface area contributed by atoms with Crippen LogP contribution in [0.2, 0.25) is 0 Å². The number of rotatable bonds is 3. The number of aryl methyl sites for hydroxylation is 1. The van der Waals surface area contributed by atoms with E-state index < -0.39 is 5.91 Å². The fourth-order valence-electron chi connectivity index (χ4n) is 3.80. The van der Waals surface area contributed by atoms with E-state index in [4.69, 9.17) is 15.5 Å². The summed E-state index contributed by atoms with van der Waals surface area (Å²) in [4.78, 5) is 24.4. The van der Waals surface area contributed by atoms with Gasteiger partial charge in [-0.25, -0.2) is 21.0 Å². The molecule has 2 aromatic rings. The van der Waals surface area contributed by atoms with Crippen LogP contribution in [-0.2, 0) is 24.2 Å². The third-order valence-corrected chi connectivity index (χ3v) is 6.19. The number of primary amides is 1. The predicted octanol–water partition coefficient (Wildman–Crippen LogP) is 1.19. The van der Waals surface area contributed by atoms with E-state index >= 15 is 0 Å². The van der Waals surface area contributed by atoms with E-state index in [0.717, 1.165) is 38.7 Å². The molecule has 12 heteroatoms. The van der Waals surface area contributed by atoms with Gasteiger partial charge in [-0.3, -0.25) is 9.89 Å². The average molecular weight is 527 g/mol. The molecule has 1 atom stereocenters. The molecule has 0 aliphatic carbocycles. The molecule has 0 bridgehead atoms. The Hall–Kier alpha value is -2.56. The standard InChI is InChI=1S/C19H21N8O2S.Ru/c1-10-9-29-6-5-26(10)15-7-12(17-16(18(20)28)23-11(2)30-17)13-8-22-27(19(13)24-15)14-3-4-21-25-14;/h3-4,7-8,19,22H,5-6,9H2,1-2H3,(H2,20,28)(H,21,25);/q-1;+1. The van der Waals surface area contributed by atoms with Gasteiger partial charge in [0.1, 0.15) is 11.5 Å². The van der Waals surface area contributed by atoms with Crippen LogP contribution in [0, 0.1) is 13.0 Å². The number of anilines is 1. The van der Waals surface area contributed by atoms with Crippen molar-refractivity contribution in [2.24, 2.45) is 10.7 Å². The Morgan fingerprint density at radius 2 is 2.29 bits per heavy atom. The van der Waals surface area contributed by atoms with Gasteiger partial charge in [-0.2, -0.15) is 12.0 Å². The molecule has 2 aromatic heterocycles. The number of amides is 1. The second-order valence-electron chi connectivity index (χ2n) is 7.17. The van der Waals surface area contributed by atoms with Gasteiger partial charge in [0.05, 0.1) is 28.5 Å². The topological polar surface area (TPSA) is 125 Å². The van der Waals surface area contributed by atoms with Crippen molar-refractivity contribution in [1.82, 2.24) is 25.5 Å². The van der Waals surface area contributed by atoms with Crippen LogP contribution >= 0.6 is 11.3 Å². The summed E-state index contributed by atoms with van der Waals surface area (Å²) in [5.41, 5.74) is 11.0. The number of nitrogens with two attached hydrogens (primary N) is 1. The van der Waals surface area contributed by atoms with Crippen molar-refractivity contribution >= 4 is 34.5 Å². The van der Waals surface area contributed by atoms with Crippen LogP contribution in [0.15, 0.2) is 35.1 Å². The van der Waals surface area contributed by atoms with Gasteiger partial charge in [-0.1, -0.05) is 6.61 Å². The van der Waals surface area contributed by atoms with Gasteiger partial charge in [0.2, 0.25) is 0 Å². The van der Waals surface area contributed by atoms with E-state index in [9.17, 15) is 4.79 Å². The van der Waals surface area contributed by atoms with Gasteiger partial charge >= 0.3 is 19.5 Å². The van der Waals surface area contributed by atoms with Crippen LogP contribution in [-0.4, -0.2) is 57.7 Å². The number of hydrazine groups is 1. The summed E-state index contributed by atoms with van der Waals surface area (Å²) < 4.78 is 5.56. The molecule has 1 saturated heterocycles. The maximum Gasteiger partial charge on any atom is 1.00 e. The van der Waals surface area contributed by atoms with Gasteiger partial charge in [0, 0.05) is 30.0 Å². The fourth-order valence-corrected chi connectivity index (χ4v) is 4.76. The summed E-state index contributed by atoms with van der Waals surface area (Å²) in [6, 6.07) is 2.95. The molecule has 3 aliphatic rings. The molecule has 163 valence electrons. The zero-order valence-electron chi connectivity index (χ0n) is 16.9. The molecular weight excluding hydrogens is 505 g/mol. The first-order chi connectivity index (χ1) is 14.5.